The molecule has 29 heavy (non-hydrogen) atoms. The number of amides is 1. The smallest absolute Gasteiger partial charge is 0.271 e. The van der Waals surface area contributed by atoms with Crippen LogP contribution in [0.5, 0.6) is 11.5 Å². The first-order valence-electron chi connectivity index (χ1n) is 9.30. The van der Waals surface area contributed by atoms with E-state index in [2.05, 4.69) is 10.5 Å². The zero-order valence-electron chi connectivity index (χ0n) is 15.9. The number of carbonyl (C=O) groups is 1. The van der Waals surface area contributed by atoms with Gasteiger partial charge < -0.3 is 9.47 Å². The van der Waals surface area contributed by atoms with E-state index < -0.39 is 15.9 Å². The van der Waals surface area contributed by atoms with Gasteiger partial charge in [0.2, 0.25) is 16.8 Å². The molecule has 0 radical (unpaired) electrons. The van der Waals surface area contributed by atoms with Gasteiger partial charge in [-0.3, -0.25) is 4.79 Å². The van der Waals surface area contributed by atoms with Crippen molar-refractivity contribution >= 4 is 21.6 Å². The van der Waals surface area contributed by atoms with Gasteiger partial charge in [0.05, 0.1) is 10.6 Å². The van der Waals surface area contributed by atoms with Gasteiger partial charge in [-0.15, -0.1) is 0 Å². The normalized spacial score (nSPS) is 16.8. The highest BCUT2D eigenvalue weighted by Crippen LogP contribution is 2.32. The van der Waals surface area contributed by atoms with E-state index in [4.69, 9.17) is 9.47 Å². The lowest BCUT2D eigenvalue weighted by atomic mass is 10.1. The summed E-state index contributed by atoms with van der Waals surface area (Å²) >= 11 is 0. The lowest BCUT2D eigenvalue weighted by Gasteiger charge is -2.15. The molecule has 1 saturated heterocycles. The Morgan fingerprint density at radius 1 is 1.03 bits per heavy atom. The molecule has 0 saturated carbocycles. The van der Waals surface area contributed by atoms with Gasteiger partial charge in [-0.1, -0.05) is 6.07 Å². The molecule has 9 heteroatoms. The fraction of sp³-hybridized carbons (Fsp3) is 0.300. The van der Waals surface area contributed by atoms with Crippen molar-refractivity contribution in [2.45, 2.75) is 24.7 Å². The summed E-state index contributed by atoms with van der Waals surface area (Å²) in [7, 11) is -3.58. The maximum Gasteiger partial charge on any atom is 0.271 e. The van der Waals surface area contributed by atoms with Crippen molar-refractivity contribution in [3.05, 3.63) is 53.6 Å². The summed E-state index contributed by atoms with van der Waals surface area (Å²) in [5.74, 6) is 0.813. The van der Waals surface area contributed by atoms with Crippen molar-refractivity contribution in [3.63, 3.8) is 0 Å². The van der Waals surface area contributed by atoms with Crippen LogP contribution in [0.4, 0.5) is 0 Å². The van der Waals surface area contributed by atoms with Crippen molar-refractivity contribution in [3.8, 4) is 11.5 Å². The number of benzene rings is 2. The lowest BCUT2D eigenvalue weighted by Crippen LogP contribution is -2.28. The third-order valence-electron chi connectivity index (χ3n) is 4.91. The van der Waals surface area contributed by atoms with Crippen LogP contribution in [0.2, 0.25) is 0 Å². The molecular formula is C20H21N3O5S. The van der Waals surface area contributed by atoms with Gasteiger partial charge in [0.25, 0.3) is 5.91 Å². The van der Waals surface area contributed by atoms with E-state index in [1.54, 1.807) is 31.2 Å². The first-order chi connectivity index (χ1) is 13.9. The van der Waals surface area contributed by atoms with Crippen molar-refractivity contribution in [1.29, 1.82) is 0 Å². The number of hydrazone groups is 1. The minimum absolute atomic E-state index is 0.114. The number of carbonyl (C=O) groups excluding carboxylic acids is 1. The van der Waals surface area contributed by atoms with E-state index in [0.29, 0.717) is 30.3 Å². The molecule has 1 amide bonds. The maximum atomic E-state index is 12.7. The van der Waals surface area contributed by atoms with Gasteiger partial charge in [-0.25, -0.2) is 13.8 Å². The summed E-state index contributed by atoms with van der Waals surface area (Å²) in [5, 5.41) is 4.13. The summed E-state index contributed by atoms with van der Waals surface area (Å²) < 4.78 is 37.5. The number of sulfonamides is 1. The summed E-state index contributed by atoms with van der Waals surface area (Å²) in [6.07, 6.45) is 1.71. The molecule has 0 spiro atoms. The van der Waals surface area contributed by atoms with Crippen LogP contribution in [0.1, 0.15) is 35.7 Å². The second kappa shape index (κ2) is 7.84. The number of fused-ring (bicyclic) bond motifs is 1. The Balaban J connectivity index is 1.49. The number of nitrogens with one attached hydrogen (secondary N) is 1. The summed E-state index contributed by atoms with van der Waals surface area (Å²) in [6, 6.07) is 11.4. The molecular weight excluding hydrogens is 394 g/mol. The number of hydrogen-bond acceptors (Lipinski definition) is 6. The molecule has 152 valence electrons. The minimum atomic E-state index is -3.58. The quantitative estimate of drug-likeness (QED) is 0.597. The fourth-order valence-electron chi connectivity index (χ4n) is 3.26. The zero-order valence-corrected chi connectivity index (χ0v) is 16.7. The molecule has 2 aromatic carbocycles. The summed E-state index contributed by atoms with van der Waals surface area (Å²) in [5.41, 5.74) is 4.07. The molecule has 0 atom stereocenters. The molecule has 0 aliphatic carbocycles. The van der Waals surface area contributed by atoms with E-state index in [-0.39, 0.29) is 17.3 Å². The average Bonchev–Trinajstić information content (AvgIpc) is 3.43. The first-order valence-corrected chi connectivity index (χ1v) is 10.7. The average molecular weight is 415 g/mol. The van der Waals surface area contributed by atoms with Gasteiger partial charge in [0, 0.05) is 24.2 Å². The van der Waals surface area contributed by atoms with Crippen LogP contribution in [-0.2, 0) is 10.0 Å². The highest BCUT2D eigenvalue weighted by Gasteiger charge is 2.27. The Labute approximate surface area is 169 Å². The van der Waals surface area contributed by atoms with Crippen molar-refractivity contribution in [2.75, 3.05) is 19.9 Å². The molecule has 2 aliphatic heterocycles. The lowest BCUT2D eigenvalue weighted by molar-refractivity contribution is 0.0954. The molecule has 2 heterocycles. The Morgan fingerprint density at radius 3 is 2.59 bits per heavy atom. The van der Waals surface area contributed by atoms with Crippen LogP contribution in [0.3, 0.4) is 0 Å². The van der Waals surface area contributed by atoms with E-state index in [1.165, 1.54) is 16.4 Å². The third-order valence-corrected chi connectivity index (χ3v) is 6.81. The zero-order chi connectivity index (χ0) is 20.4. The third kappa shape index (κ3) is 3.96. The molecule has 0 bridgehead atoms. The highest BCUT2D eigenvalue weighted by molar-refractivity contribution is 7.89. The van der Waals surface area contributed by atoms with E-state index in [9.17, 15) is 13.2 Å². The second-order valence-electron chi connectivity index (χ2n) is 6.85. The van der Waals surface area contributed by atoms with Crippen LogP contribution >= 0.6 is 0 Å². The number of rotatable bonds is 5. The van der Waals surface area contributed by atoms with Gasteiger partial charge >= 0.3 is 0 Å². The Morgan fingerprint density at radius 2 is 1.79 bits per heavy atom. The van der Waals surface area contributed by atoms with Crippen LogP contribution < -0.4 is 14.9 Å². The van der Waals surface area contributed by atoms with Crippen LogP contribution in [-0.4, -0.2) is 44.2 Å². The number of ether oxygens (including phenoxy) is 2. The monoisotopic (exact) mass is 415 g/mol. The molecule has 2 aliphatic rings. The van der Waals surface area contributed by atoms with E-state index >= 15 is 0 Å². The van der Waals surface area contributed by atoms with Crippen molar-refractivity contribution < 1.29 is 22.7 Å². The van der Waals surface area contributed by atoms with Gasteiger partial charge in [-0.2, -0.15) is 9.41 Å². The standard InChI is InChI=1S/C20H21N3O5S/c1-14(15-7-8-18-19(12-15)28-13-27-18)21-22-20(24)16-5-4-6-17(11-16)29(25,26)23-9-2-3-10-23/h4-8,11-12H,2-3,9-10,13H2,1H3,(H,22,24)/b21-14+. The predicted octanol–water partition coefficient (Wildman–Crippen LogP) is 2.35. The maximum absolute atomic E-state index is 12.7. The van der Waals surface area contributed by atoms with Crippen LogP contribution in [0.15, 0.2) is 52.5 Å². The Hall–Kier alpha value is -2.91. The van der Waals surface area contributed by atoms with Crippen molar-refractivity contribution in [2.24, 2.45) is 5.10 Å². The molecule has 0 unspecified atom stereocenters. The second-order valence-corrected chi connectivity index (χ2v) is 8.78. The van der Waals surface area contributed by atoms with Crippen molar-refractivity contribution in [1.82, 2.24) is 9.73 Å². The number of nitrogens with zero attached hydrogens (tertiary/aromatic N) is 2. The van der Waals surface area contributed by atoms with Crippen LogP contribution in [0.25, 0.3) is 0 Å². The minimum Gasteiger partial charge on any atom is -0.454 e. The largest absolute Gasteiger partial charge is 0.454 e. The fourth-order valence-corrected chi connectivity index (χ4v) is 4.82. The highest BCUT2D eigenvalue weighted by atomic mass is 32.2. The van der Waals surface area contributed by atoms with Crippen LogP contribution in [0, 0.1) is 0 Å². The van der Waals surface area contributed by atoms with Gasteiger partial charge in [0.15, 0.2) is 11.5 Å². The summed E-state index contributed by atoms with van der Waals surface area (Å²) in [4.78, 5) is 12.6. The molecule has 2 aromatic rings. The topological polar surface area (TPSA) is 97.3 Å². The molecule has 1 fully saturated rings. The SMILES string of the molecule is C/C(=N\NC(=O)c1cccc(S(=O)(=O)N2CCCC2)c1)c1ccc2c(c1)OCO2. The van der Waals surface area contributed by atoms with Gasteiger partial charge in [-0.05, 0) is 56.2 Å². The Bertz CT molecular complexity index is 1080. The molecule has 8 nitrogen and oxygen atoms in total. The van der Waals surface area contributed by atoms with E-state index in [1.807, 2.05) is 6.07 Å². The number of hydrogen-bond donors (Lipinski definition) is 1. The molecule has 0 aromatic heterocycles. The van der Waals surface area contributed by atoms with Gasteiger partial charge in [0.1, 0.15) is 0 Å². The first kappa shape index (κ1) is 19.4. The summed E-state index contributed by atoms with van der Waals surface area (Å²) in [6.45, 7) is 2.96. The predicted molar refractivity (Wildman–Crippen MR) is 107 cm³/mol. The van der Waals surface area contributed by atoms with E-state index in [0.717, 1.165) is 18.4 Å². The molecule has 4 rings (SSSR count). The molecule has 1 N–H and O–H groups in total. The Kier molecular flexibility index (Phi) is 5.25.